The van der Waals surface area contributed by atoms with Crippen molar-refractivity contribution in [2.45, 2.75) is 36.7 Å². The number of imidazole rings is 1. The molecule has 4 N–H and O–H groups in total. The highest BCUT2D eigenvalue weighted by molar-refractivity contribution is 5.82. The predicted octanol–water partition coefficient (Wildman–Crippen LogP) is -0.899. The number of methoxy groups -OCH3 is 2. The Morgan fingerprint density at radius 3 is 2.76 bits per heavy atom. The van der Waals surface area contributed by atoms with Crippen molar-refractivity contribution in [2.75, 3.05) is 32.7 Å². The minimum absolute atomic E-state index is 0.264. The summed E-state index contributed by atoms with van der Waals surface area (Å²) in [6.45, 7) is -0.153. The van der Waals surface area contributed by atoms with Crippen LogP contribution in [0.25, 0.3) is 11.2 Å². The van der Waals surface area contributed by atoms with Gasteiger partial charge in [0.15, 0.2) is 23.2 Å². The molecule has 0 aromatic carbocycles. The van der Waals surface area contributed by atoms with E-state index in [4.69, 9.17) is 18.9 Å². The van der Waals surface area contributed by atoms with E-state index in [0.29, 0.717) is 29.3 Å². The summed E-state index contributed by atoms with van der Waals surface area (Å²) >= 11 is 0. The molecule has 0 spiro atoms. The molecule has 12 nitrogen and oxygen atoms in total. The topological polar surface area (TPSA) is 153 Å². The first-order chi connectivity index (χ1) is 14.0. The van der Waals surface area contributed by atoms with Crippen molar-refractivity contribution in [1.82, 2.24) is 19.5 Å². The zero-order chi connectivity index (χ0) is 20.6. The van der Waals surface area contributed by atoms with Crippen molar-refractivity contribution in [2.24, 2.45) is 0 Å². The first-order valence-electron chi connectivity index (χ1n) is 9.04. The van der Waals surface area contributed by atoms with Gasteiger partial charge in [0.25, 0.3) is 5.95 Å². The lowest BCUT2D eigenvalue weighted by molar-refractivity contribution is -0.194. The lowest BCUT2D eigenvalue weighted by Crippen LogP contribution is -2.39. The number of aliphatic hydroxyl groups is 3. The van der Waals surface area contributed by atoms with Gasteiger partial charge in [0, 0.05) is 19.6 Å². The Kier molecular flexibility index (Phi) is 5.27. The maximum Gasteiger partial charge on any atom is 0.277 e. The second kappa shape index (κ2) is 7.72. The van der Waals surface area contributed by atoms with E-state index in [1.807, 2.05) is 0 Å². The van der Waals surface area contributed by atoms with Crippen molar-refractivity contribution >= 4 is 17.0 Å². The number of nitrogens with zero attached hydrogens (tertiary/aromatic N) is 4. The van der Waals surface area contributed by atoms with Crippen LogP contribution in [0.15, 0.2) is 24.7 Å². The second-order valence-electron chi connectivity index (χ2n) is 6.78. The van der Waals surface area contributed by atoms with E-state index in [9.17, 15) is 15.3 Å². The molecule has 2 aromatic rings. The minimum atomic E-state index is -1.24. The molecule has 158 valence electrons. The smallest absolute Gasteiger partial charge is 0.277 e. The second-order valence-corrected chi connectivity index (χ2v) is 6.78. The number of hydrogen-bond donors (Lipinski definition) is 4. The lowest BCUT2D eigenvalue weighted by Gasteiger charge is -2.27. The van der Waals surface area contributed by atoms with Crippen LogP contribution in [0.1, 0.15) is 12.6 Å². The molecule has 1 saturated heterocycles. The van der Waals surface area contributed by atoms with Crippen LogP contribution in [0.2, 0.25) is 0 Å². The zero-order valence-corrected chi connectivity index (χ0v) is 15.9. The molecule has 2 aliphatic heterocycles. The van der Waals surface area contributed by atoms with Crippen LogP contribution >= 0.6 is 0 Å². The Morgan fingerprint density at radius 1 is 1.28 bits per heavy atom. The highest BCUT2D eigenvalue weighted by Gasteiger charge is 2.44. The van der Waals surface area contributed by atoms with Crippen molar-refractivity contribution in [3.05, 3.63) is 24.7 Å². The average molecular weight is 409 g/mol. The molecule has 0 bridgehead atoms. The first kappa shape index (κ1) is 19.8. The fourth-order valence-electron chi connectivity index (χ4n) is 3.43. The van der Waals surface area contributed by atoms with E-state index >= 15 is 0 Å². The van der Waals surface area contributed by atoms with Crippen molar-refractivity contribution < 1.29 is 34.3 Å². The molecule has 0 saturated carbocycles. The van der Waals surface area contributed by atoms with E-state index < -0.39 is 36.9 Å². The molecular formula is C17H23N5O7. The summed E-state index contributed by atoms with van der Waals surface area (Å²) < 4.78 is 23.4. The number of ether oxygens (including phenoxy) is 4. The van der Waals surface area contributed by atoms with Gasteiger partial charge in [-0.15, -0.1) is 0 Å². The molecule has 1 fully saturated rings. The lowest BCUT2D eigenvalue weighted by atomic mass is 10.1. The third kappa shape index (κ3) is 3.38. The molecular weight excluding hydrogens is 386 g/mol. The molecule has 0 amide bonds. The molecule has 0 aliphatic carbocycles. The molecule has 2 aromatic heterocycles. The molecule has 2 aliphatic rings. The zero-order valence-electron chi connectivity index (χ0n) is 15.9. The normalized spacial score (nSPS) is 31.7. The van der Waals surface area contributed by atoms with Gasteiger partial charge in [0.1, 0.15) is 24.6 Å². The van der Waals surface area contributed by atoms with E-state index in [2.05, 4.69) is 20.3 Å². The highest BCUT2D eigenvalue weighted by Crippen LogP contribution is 2.33. The van der Waals surface area contributed by atoms with Crippen LogP contribution in [0, 0.1) is 0 Å². The third-order valence-corrected chi connectivity index (χ3v) is 5.11. The summed E-state index contributed by atoms with van der Waals surface area (Å²) in [4.78, 5) is 12.8. The molecule has 29 heavy (non-hydrogen) atoms. The summed E-state index contributed by atoms with van der Waals surface area (Å²) in [6, 6.07) is 0. The largest absolute Gasteiger partial charge is 0.469 e. The molecule has 4 heterocycles. The maximum absolute atomic E-state index is 10.3. The number of hydrogen-bond acceptors (Lipinski definition) is 11. The van der Waals surface area contributed by atoms with Crippen LogP contribution in [0.4, 0.5) is 5.82 Å². The summed E-state index contributed by atoms with van der Waals surface area (Å²) in [5.74, 6) is -0.115. The minimum Gasteiger partial charge on any atom is -0.469 e. The number of aromatic nitrogens is 4. The quantitative estimate of drug-likeness (QED) is 0.450. The summed E-state index contributed by atoms with van der Waals surface area (Å²) in [5.41, 5.74) is 0.835. The van der Waals surface area contributed by atoms with Crippen molar-refractivity contribution in [3.8, 4) is 0 Å². The fraction of sp³-hybridized carbons (Fsp3) is 0.588. The first-order valence-corrected chi connectivity index (χ1v) is 9.04. The van der Waals surface area contributed by atoms with Crippen molar-refractivity contribution in [1.29, 1.82) is 0 Å². The van der Waals surface area contributed by atoms with Gasteiger partial charge in [0.2, 0.25) is 5.79 Å². The van der Waals surface area contributed by atoms with Gasteiger partial charge in [-0.05, 0) is 0 Å². The number of fused-ring (bicyclic) bond motifs is 1. The van der Waals surface area contributed by atoms with Crippen molar-refractivity contribution in [3.63, 3.8) is 0 Å². The Bertz CT molecular complexity index is 905. The molecule has 4 rings (SSSR count). The highest BCUT2D eigenvalue weighted by atomic mass is 16.8. The van der Waals surface area contributed by atoms with E-state index in [-0.39, 0.29) is 6.54 Å². The third-order valence-electron chi connectivity index (χ3n) is 5.11. The van der Waals surface area contributed by atoms with Crippen LogP contribution in [0.5, 0.6) is 0 Å². The number of nitrogens with one attached hydrogen (secondary N) is 1. The van der Waals surface area contributed by atoms with Crippen LogP contribution < -0.4 is 5.32 Å². The van der Waals surface area contributed by atoms with Gasteiger partial charge in [0.05, 0.1) is 26.6 Å². The Labute approximate surface area is 165 Å². The van der Waals surface area contributed by atoms with Gasteiger partial charge < -0.3 is 39.6 Å². The van der Waals surface area contributed by atoms with Gasteiger partial charge in [-0.2, -0.15) is 0 Å². The maximum atomic E-state index is 10.3. The number of aliphatic hydroxyl groups excluding tert-OH is 3. The van der Waals surface area contributed by atoms with Gasteiger partial charge >= 0.3 is 0 Å². The molecule has 5 atom stereocenters. The van der Waals surface area contributed by atoms with Crippen LogP contribution in [0.3, 0.4) is 0 Å². The Hall–Kier alpha value is -2.51. The molecule has 0 radical (unpaired) electrons. The SMILES string of the molecule is COC1=CCC(CNc2ncnc3c2ncn3[C@@H]2O[C@H](CO)[C@@H](O)[C@@H]2O)(OC)O1. The van der Waals surface area contributed by atoms with Crippen LogP contribution in [-0.2, 0) is 18.9 Å². The molecule has 1 unspecified atom stereocenters. The number of anilines is 1. The summed E-state index contributed by atoms with van der Waals surface area (Å²) in [5, 5.41) is 32.7. The monoisotopic (exact) mass is 409 g/mol. The standard InChI is InChI=1S/C17H23N5O7/c1-26-10-3-4-17(27-2,29-10)6-18-14-11-15(20-7-19-14)22(8-21-11)16-13(25)12(24)9(5-23)28-16/h3,7-9,12-13,16,23-25H,4-6H2,1-2H3,(H,18,19,20)/t9-,12-,13+,16-,17?/m1/s1. The van der Waals surface area contributed by atoms with Gasteiger partial charge in [-0.1, -0.05) is 0 Å². The Morgan fingerprint density at radius 2 is 2.10 bits per heavy atom. The van der Waals surface area contributed by atoms with Gasteiger partial charge in [-0.25, -0.2) is 15.0 Å². The van der Waals surface area contributed by atoms with Crippen LogP contribution in [-0.4, -0.2) is 86.3 Å². The van der Waals surface area contributed by atoms with Gasteiger partial charge in [-0.3, -0.25) is 4.57 Å². The molecule has 12 heteroatoms. The number of rotatable bonds is 7. The summed E-state index contributed by atoms with van der Waals surface area (Å²) in [6.07, 6.45) is 0.777. The average Bonchev–Trinajstić information content (AvgIpc) is 3.44. The summed E-state index contributed by atoms with van der Waals surface area (Å²) in [7, 11) is 3.06. The Balaban J connectivity index is 1.56. The predicted molar refractivity (Wildman–Crippen MR) is 97.4 cm³/mol. The van der Waals surface area contributed by atoms with E-state index in [1.54, 1.807) is 13.2 Å². The van der Waals surface area contributed by atoms with E-state index in [0.717, 1.165) is 0 Å². The fourth-order valence-corrected chi connectivity index (χ4v) is 3.43. The van der Waals surface area contributed by atoms with E-state index in [1.165, 1.54) is 24.3 Å².